The minimum absolute atomic E-state index is 0.219. The number of hydrogen-bond acceptors (Lipinski definition) is 4. The van der Waals surface area contributed by atoms with Gasteiger partial charge in [-0.25, -0.2) is 0 Å². The zero-order valence-corrected chi connectivity index (χ0v) is 16.9. The number of benzene rings is 2. The molecule has 1 N–H and O–H groups in total. The summed E-state index contributed by atoms with van der Waals surface area (Å²) in [6, 6.07) is 14.8. The Morgan fingerprint density at radius 1 is 0.968 bits per heavy atom. The first-order valence-corrected chi connectivity index (χ1v) is 10.1. The van der Waals surface area contributed by atoms with E-state index in [1.54, 1.807) is 6.20 Å². The number of rotatable bonds is 5. The molecule has 0 radical (unpaired) electrons. The fourth-order valence-electron chi connectivity index (χ4n) is 3.73. The van der Waals surface area contributed by atoms with Crippen LogP contribution in [0.15, 0.2) is 60.8 Å². The number of aromatic nitrogens is 1. The summed E-state index contributed by atoms with van der Waals surface area (Å²) in [7, 11) is 0. The molecule has 2 heterocycles. The van der Waals surface area contributed by atoms with Crippen molar-refractivity contribution >= 4 is 22.5 Å². The second-order valence-electron chi connectivity index (χ2n) is 7.71. The van der Waals surface area contributed by atoms with Crippen LogP contribution in [0.3, 0.4) is 0 Å². The summed E-state index contributed by atoms with van der Waals surface area (Å²) < 4.78 is 37.9. The van der Waals surface area contributed by atoms with Crippen molar-refractivity contribution in [1.82, 2.24) is 14.8 Å². The summed E-state index contributed by atoms with van der Waals surface area (Å²) in [4.78, 5) is 21.0. The van der Waals surface area contributed by atoms with Gasteiger partial charge in [-0.05, 0) is 48.0 Å². The number of carbonyl (C=O) groups excluding carboxylic acids is 1. The summed E-state index contributed by atoms with van der Waals surface area (Å²) in [6.07, 6.45) is -2.60. The molecule has 162 valence electrons. The molecule has 1 aromatic heterocycles. The number of alkyl halides is 3. The molecule has 0 spiro atoms. The number of nitrogens with one attached hydrogen (secondary N) is 1. The largest absolute Gasteiger partial charge is 0.416 e. The van der Waals surface area contributed by atoms with Crippen molar-refractivity contribution in [2.45, 2.75) is 12.7 Å². The highest BCUT2D eigenvalue weighted by molar-refractivity contribution is 5.92. The van der Waals surface area contributed by atoms with E-state index >= 15 is 0 Å². The van der Waals surface area contributed by atoms with Crippen LogP contribution in [0.1, 0.15) is 11.1 Å². The maximum absolute atomic E-state index is 12.6. The molecule has 4 rings (SSSR count). The fraction of sp³-hybridized carbons (Fsp3) is 0.304. The van der Waals surface area contributed by atoms with Crippen LogP contribution in [0, 0.1) is 0 Å². The predicted octanol–water partition coefficient (Wildman–Crippen LogP) is 4.01. The normalized spacial score (nSPS) is 15.8. The standard InChI is InChI=1S/C23H23F3N4O/c24-23(25,26)19-4-6-20(7-5-19)28-22(31)16-30-12-10-29(11-13-30)15-17-3-8-21-18(14-17)2-1-9-27-21/h1-9,14H,10-13,15-16H2,(H,28,31). The van der Waals surface area contributed by atoms with Gasteiger partial charge in [0.15, 0.2) is 0 Å². The Morgan fingerprint density at radius 3 is 2.39 bits per heavy atom. The van der Waals surface area contributed by atoms with Crippen molar-refractivity contribution in [3.05, 3.63) is 71.9 Å². The van der Waals surface area contributed by atoms with Gasteiger partial charge in [-0.3, -0.25) is 19.6 Å². The third-order valence-corrected chi connectivity index (χ3v) is 5.40. The molecule has 0 aliphatic carbocycles. The number of piperazine rings is 1. The van der Waals surface area contributed by atoms with E-state index in [0.29, 0.717) is 5.69 Å². The van der Waals surface area contributed by atoms with E-state index in [2.05, 4.69) is 38.3 Å². The van der Waals surface area contributed by atoms with Gasteiger partial charge in [-0.15, -0.1) is 0 Å². The molecule has 3 aromatic rings. The Balaban J connectivity index is 1.24. The van der Waals surface area contributed by atoms with Crippen molar-refractivity contribution in [3.63, 3.8) is 0 Å². The number of carbonyl (C=O) groups is 1. The molecule has 0 unspecified atom stereocenters. The molecular weight excluding hydrogens is 405 g/mol. The summed E-state index contributed by atoms with van der Waals surface area (Å²) in [5.41, 5.74) is 1.84. The molecule has 1 amide bonds. The van der Waals surface area contributed by atoms with Crippen LogP contribution in [0.5, 0.6) is 0 Å². The Labute approximate surface area is 178 Å². The van der Waals surface area contributed by atoms with Crippen LogP contribution in [0.25, 0.3) is 10.9 Å². The van der Waals surface area contributed by atoms with Gasteiger partial charge in [0.2, 0.25) is 5.91 Å². The van der Waals surface area contributed by atoms with E-state index < -0.39 is 11.7 Å². The Morgan fingerprint density at radius 2 is 1.68 bits per heavy atom. The topological polar surface area (TPSA) is 48.5 Å². The zero-order valence-electron chi connectivity index (χ0n) is 16.9. The first-order valence-electron chi connectivity index (χ1n) is 10.1. The van der Waals surface area contributed by atoms with Gasteiger partial charge in [-0.2, -0.15) is 13.2 Å². The van der Waals surface area contributed by atoms with Crippen LogP contribution in [-0.4, -0.2) is 53.4 Å². The second-order valence-corrected chi connectivity index (χ2v) is 7.71. The third-order valence-electron chi connectivity index (χ3n) is 5.40. The summed E-state index contributed by atoms with van der Waals surface area (Å²) in [6.45, 7) is 4.27. The van der Waals surface area contributed by atoms with Gasteiger partial charge in [-0.1, -0.05) is 12.1 Å². The van der Waals surface area contributed by atoms with E-state index in [9.17, 15) is 18.0 Å². The minimum Gasteiger partial charge on any atom is -0.325 e. The highest BCUT2D eigenvalue weighted by Crippen LogP contribution is 2.29. The van der Waals surface area contributed by atoms with Gasteiger partial charge in [0.25, 0.3) is 0 Å². The average Bonchev–Trinajstić information content (AvgIpc) is 2.75. The van der Waals surface area contributed by atoms with Crippen molar-refractivity contribution < 1.29 is 18.0 Å². The van der Waals surface area contributed by atoms with Gasteiger partial charge in [0.1, 0.15) is 0 Å². The van der Waals surface area contributed by atoms with Crippen LogP contribution < -0.4 is 5.32 Å². The number of amides is 1. The maximum Gasteiger partial charge on any atom is 0.416 e. The molecule has 1 fully saturated rings. The Kier molecular flexibility index (Phi) is 6.20. The molecule has 0 saturated carbocycles. The van der Waals surface area contributed by atoms with Gasteiger partial charge in [0.05, 0.1) is 17.6 Å². The predicted molar refractivity (Wildman–Crippen MR) is 114 cm³/mol. The molecule has 1 aliphatic heterocycles. The fourth-order valence-corrected chi connectivity index (χ4v) is 3.73. The van der Waals surface area contributed by atoms with E-state index in [1.807, 2.05) is 12.1 Å². The number of fused-ring (bicyclic) bond motifs is 1. The second kappa shape index (κ2) is 9.03. The van der Waals surface area contributed by atoms with E-state index in [1.165, 1.54) is 17.7 Å². The lowest BCUT2D eigenvalue weighted by Gasteiger charge is -2.34. The molecule has 1 aliphatic rings. The van der Waals surface area contributed by atoms with Gasteiger partial charge in [0, 0.05) is 50.0 Å². The number of pyridine rings is 1. The van der Waals surface area contributed by atoms with Crippen molar-refractivity contribution in [1.29, 1.82) is 0 Å². The number of hydrogen-bond donors (Lipinski definition) is 1. The summed E-state index contributed by atoms with van der Waals surface area (Å²) >= 11 is 0. The summed E-state index contributed by atoms with van der Waals surface area (Å²) in [5, 5.41) is 3.79. The van der Waals surface area contributed by atoms with Crippen molar-refractivity contribution in [2.75, 3.05) is 38.0 Å². The Bertz CT molecular complexity index is 1040. The monoisotopic (exact) mass is 428 g/mol. The molecule has 2 aromatic carbocycles. The van der Waals surface area contributed by atoms with Crippen molar-refractivity contribution in [3.8, 4) is 0 Å². The molecule has 1 saturated heterocycles. The average molecular weight is 428 g/mol. The first-order chi connectivity index (χ1) is 14.9. The molecule has 31 heavy (non-hydrogen) atoms. The highest BCUT2D eigenvalue weighted by Gasteiger charge is 2.30. The molecule has 8 heteroatoms. The lowest BCUT2D eigenvalue weighted by atomic mass is 10.1. The molecule has 5 nitrogen and oxygen atoms in total. The highest BCUT2D eigenvalue weighted by atomic mass is 19.4. The van der Waals surface area contributed by atoms with Crippen molar-refractivity contribution in [2.24, 2.45) is 0 Å². The van der Waals surface area contributed by atoms with Crippen LogP contribution in [0.4, 0.5) is 18.9 Å². The zero-order chi connectivity index (χ0) is 21.8. The Hall–Kier alpha value is -2.97. The molecular formula is C23H23F3N4O. The quantitative estimate of drug-likeness (QED) is 0.667. The minimum atomic E-state index is -4.38. The van der Waals surface area contributed by atoms with E-state index in [-0.39, 0.29) is 12.5 Å². The van der Waals surface area contributed by atoms with E-state index in [4.69, 9.17) is 0 Å². The first kappa shape index (κ1) is 21.3. The van der Waals surface area contributed by atoms with Gasteiger partial charge >= 0.3 is 6.18 Å². The van der Waals surface area contributed by atoms with Crippen LogP contribution in [-0.2, 0) is 17.5 Å². The number of anilines is 1. The van der Waals surface area contributed by atoms with Gasteiger partial charge < -0.3 is 5.32 Å². The number of nitrogens with zero attached hydrogens (tertiary/aromatic N) is 3. The smallest absolute Gasteiger partial charge is 0.325 e. The van der Waals surface area contributed by atoms with Crippen LogP contribution >= 0.6 is 0 Å². The third kappa shape index (κ3) is 5.59. The molecule has 0 atom stereocenters. The van der Waals surface area contributed by atoms with E-state index in [0.717, 1.165) is 55.8 Å². The molecule has 0 bridgehead atoms. The summed E-state index contributed by atoms with van der Waals surface area (Å²) in [5.74, 6) is -0.227. The SMILES string of the molecule is O=C(CN1CCN(Cc2ccc3ncccc3c2)CC1)Nc1ccc(C(F)(F)F)cc1. The lowest BCUT2D eigenvalue weighted by Crippen LogP contribution is -2.48. The number of halogens is 3. The maximum atomic E-state index is 12.6. The van der Waals surface area contributed by atoms with Crippen LogP contribution in [0.2, 0.25) is 0 Å². The lowest BCUT2D eigenvalue weighted by molar-refractivity contribution is -0.137.